The highest BCUT2D eigenvalue weighted by Gasteiger charge is 2.29. The summed E-state index contributed by atoms with van der Waals surface area (Å²) in [4.78, 5) is 26.1. The SMILES string of the molecule is CNC(=O)C1CCCN(C(=O)CC(C)C2CCCNC2)C1. The van der Waals surface area contributed by atoms with Crippen LogP contribution in [0.5, 0.6) is 0 Å². The van der Waals surface area contributed by atoms with Gasteiger partial charge in [0.05, 0.1) is 5.92 Å². The Hall–Kier alpha value is -1.10. The van der Waals surface area contributed by atoms with E-state index < -0.39 is 0 Å². The van der Waals surface area contributed by atoms with E-state index in [1.165, 1.54) is 12.8 Å². The first kappa shape index (κ1) is 16.3. The summed E-state index contributed by atoms with van der Waals surface area (Å²) in [6.45, 7) is 5.73. The lowest BCUT2D eigenvalue weighted by Gasteiger charge is -2.34. The van der Waals surface area contributed by atoms with Crippen LogP contribution in [0, 0.1) is 17.8 Å². The van der Waals surface area contributed by atoms with Crippen LogP contribution in [0.4, 0.5) is 0 Å². The minimum absolute atomic E-state index is 0.0284. The molecule has 3 atom stereocenters. The molecule has 2 amide bonds. The molecule has 5 heteroatoms. The van der Waals surface area contributed by atoms with Crippen molar-refractivity contribution in [3.05, 3.63) is 0 Å². The van der Waals surface area contributed by atoms with Crippen molar-refractivity contribution in [2.45, 2.75) is 39.0 Å². The smallest absolute Gasteiger partial charge is 0.224 e. The zero-order valence-electron chi connectivity index (χ0n) is 13.4. The Kier molecular flexibility index (Phi) is 6.03. The number of carbonyl (C=O) groups is 2. The number of piperidine rings is 2. The van der Waals surface area contributed by atoms with E-state index in [1.807, 2.05) is 4.90 Å². The van der Waals surface area contributed by atoms with Crippen LogP contribution in [-0.2, 0) is 9.59 Å². The monoisotopic (exact) mass is 295 g/mol. The second-order valence-corrected chi connectivity index (χ2v) is 6.58. The van der Waals surface area contributed by atoms with Crippen molar-refractivity contribution < 1.29 is 9.59 Å². The van der Waals surface area contributed by atoms with Gasteiger partial charge in [0.1, 0.15) is 0 Å². The minimum atomic E-state index is -0.0284. The van der Waals surface area contributed by atoms with Crippen LogP contribution in [0.2, 0.25) is 0 Å². The molecule has 0 aromatic heterocycles. The third kappa shape index (κ3) is 4.43. The Balaban J connectivity index is 1.83. The fourth-order valence-corrected chi connectivity index (χ4v) is 3.56. The predicted molar refractivity (Wildman–Crippen MR) is 82.7 cm³/mol. The van der Waals surface area contributed by atoms with Crippen molar-refractivity contribution in [3.63, 3.8) is 0 Å². The molecule has 2 fully saturated rings. The summed E-state index contributed by atoms with van der Waals surface area (Å²) < 4.78 is 0. The van der Waals surface area contributed by atoms with Gasteiger partial charge in [-0.1, -0.05) is 6.92 Å². The van der Waals surface area contributed by atoms with Gasteiger partial charge >= 0.3 is 0 Å². The molecule has 2 saturated heterocycles. The van der Waals surface area contributed by atoms with Crippen molar-refractivity contribution in [1.82, 2.24) is 15.5 Å². The molecule has 3 unspecified atom stereocenters. The van der Waals surface area contributed by atoms with E-state index in [2.05, 4.69) is 17.6 Å². The van der Waals surface area contributed by atoms with Crippen LogP contribution >= 0.6 is 0 Å². The highest BCUT2D eigenvalue weighted by atomic mass is 16.2. The summed E-state index contributed by atoms with van der Waals surface area (Å²) in [5.74, 6) is 1.30. The molecule has 2 aliphatic heterocycles. The van der Waals surface area contributed by atoms with Crippen LogP contribution < -0.4 is 10.6 Å². The van der Waals surface area contributed by atoms with Gasteiger partial charge in [0, 0.05) is 26.6 Å². The van der Waals surface area contributed by atoms with Crippen LogP contribution in [0.15, 0.2) is 0 Å². The van der Waals surface area contributed by atoms with Gasteiger partial charge in [-0.2, -0.15) is 0 Å². The maximum Gasteiger partial charge on any atom is 0.224 e. The number of rotatable bonds is 4. The average molecular weight is 295 g/mol. The first-order chi connectivity index (χ1) is 10.1. The molecular weight excluding hydrogens is 266 g/mol. The molecule has 2 aliphatic rings. The first-order valence-electron chi connectivity index (χ1n) is 8.32. The van der Waals surface area contributed by atoms with Crippen molar-refractivity contribution in [2.24, 2.45) is 17.8 Å². The highest BCUT2D eigenvalue weighted by molar-refractivity contribution is 5.81. The predicted octanol–water partition coefficient (Wildman–Crippen LogP) is 0.997. The molecule has 0 radical (unpaired) electrons. The molecule has 0 bridgehead atoms. The van der Waals surface area contributed by atoms with Crippen molar-refractivity contribution in [3.8, 4) is 0 Å². The largest absolute Gasteiger partial charge is 0.359 e. The molecular formula is C16H29N3O2. The Morgan fingerprint density at radius 2 is 2.14 bits per heavy atom. The molecule has 2 rings (SSSR count). The van der Waals surface area contributed by atoms with E-state index in [0.717, 1.165) is 32.5 Å². The molecule has 0 saturated carbocycles. The fraction of sp³-hybridized carbons (Fsp3) is 0.875. The molecule has 120 valence electrons. The summed E-state index contributed by atoms with van der Waals surface area (Å²) in [7, 11) is 1.67. The van der Waals surface area contributed by atoms with Gasteiger partial charge in [0.15, 0.2) is 0 Å². The van der Waals surface area contributed by atoms with E-state index in [-0.39, 0.29) is 17.7 Å². The molecule has 0 aromatic rings. The van der Waals surface area contributed by atoms with Crippen LogP contribution in [-0.4, -0.2) is 49.9 Å². The second kappa shape index (κ2) is 7.78. The van der Waals surface area contributed by atoms with Gasteiger partial charge in [-0.05, 0) is 50.6 Å². The van der Waals surface area contributed by atoms with E-state index in [0.29, 0.717) is 24.8 Å². The maximum absolute atomic E-state index is 12.5. The zero-order valence-corrected chi connectivity index (χ0v) is 13.4. The Morgan fingerprint density at radius 1 is 1.33 bits per heavy atom. The third-order valence-corrected chi connectivity index (χ3v) is 5.03. The molecule has 2 N–H and O–H groups in total. The molecule has 5 nitrogen and oxygen atoms in total. The van der Waals surface area contributed by atoms with Gasteiger partial charge in [-0.25, -0.2) is 0 Å². The molecule has 0 aromatic carbocycles. The second-order valence-electron chi connectivity index (χ2n) is 6.58. The number of nitrogens with zero attached hydrogens (tertiary/aromatic N) is 1. The standard InChI is InChI=1S/C16H29N3O2/c1-12(13-5-3-7-18-10-13)9-15(20)19-8-4-6-14(11-19)16(21)17-2/h12-14,18H,3-11H2,1-2H3,(H,17,21). The Morgan fingerprint density at radius 3 is 2.81 bits per heavy atom. The van der Waals surface area contributed by atoms with Gasteiger partial charge in [0.2, 0.25) is 11.8 Å². The summed E-state index contributed by atoms with van der Waals surface area (Å²) in [6.07, 6.45) is 4.88. The van der Waals surface area contributed by atoms with Crippen LogP contribution in [0.1, 0.15) is 39.0 Å². The minimum Gasteiger partial charge on any atom is -0.359 e. The topological polar surface area (TPSA) is 61.4 Å². The molecule has 0 aliphatic carbocycles. The van der Waals surface area contributed by atoms with Gasteiger partial charge < -0.3 is 15.5 Å². The lowest BCUT2D eigenvalue weighted by molar-refractivity contribution is -0.136. The number of likely N-dealkylation sites (tertiary alicyclic amines) is 1. The Bertz CT molecular complexity index is 367. The Labute approximate surface area is 127 Å². The number of hydrogen-bond acceptors (Lipinski definition) is 3. The summed E-state index contributed by atoms with van der Waals surface area (Å²) >= 11 is 0. The number of nitrogens with one attached hydrogen (secondary N) is 2. The number of amides is 2. The fourth-order valence-electron chi connectivity index (χ4n) is 3.56. The van der Waals surface area contributed by atoms with Crippen molar-refractivity contribution >= 4 is 11.8 Å². The number of carbonyl (C=O) groups excluding carboxylic acids is 2. The average Bonchev–Trinajstić information content (AvgIpc) is 2.55. The molecule has 0 spiro atoms. The van der Waals surface area contributed by atoms with E-state index >= 15 is 0 Å². The lowest BCUT2D eigenvalue weighted by atomic mass is 9.85. The quantitative estimate of drug-likeness (QED) is 0.813. The summed E-state index contributed by atoms with van der Waals surface area (Å²) in [5, 5.41) is 6.12. The maximum atomic E-state index is 12.5. The van der Waals surface area contributed by atoms with Crippen LogP contribution in [0.3, 0.4) is 0 Å². The van der Waals surface area contributed by atoms with Gasteiger partial charge in [-0.3, -0.25) is 9.59 Å². The van der Waals surface area contributed by atoms with Gasteiger partial charge in [0.25, 0.3) is 0 Å². The first-order valence-corrected chi connectivity index (χ1v) is 8.32. The zero-order chi connectivity index (χ0) is 15.2. The highest BCUT2D eigenvalue weighted by Crippen LogP contribution is 2.25. The van der Waals surface area contributed by atoms with E-state index in [9.17, 15) is 9.59 Å². The van der Waals surface area contributed by atoms with Crippen molar-refractivity contribution in [1.29, 1.82) is 0 Å². The normalized spacial score (nSPS) is 28.0. The molecule has 21 heavy (non-hydrogen) atoms. The summed E-state index contributed by atoms with van der Waals surface area (Å²) in [5.41, 5.74) is 0. The van der Waals surface area contributed by atoms with E-state index in [4.69, 9.17) is 0 Å². The van der Waals surface area contributed by atoms with E-state index in [1.54, 1.807) is 7.05 Å². The van der Waals surface area contributed by atoms with Crippen LogP contribution in [0.25, 0.3) is 0 Å². The van der Waals surface area contributed by atoms with Gasteiger partial charge in [-0.15, -0.1) is 0 Å². The van der Waals surface area contributed by atoms with Crippen molar-refractivity contribution in [2.75, 3.05) is 33.2 Å². The lowest BCUT2D eigenvalue weighted by Crippen LogP contribution is -2.45. The summed E-state index contributed by atoms with van der Waals surface area (Å²) in [6, 6.07) is 0. The number of hydrogen-bond donors (Lipinski definition) is 2. The third-order valence-electron chi connectivity index (χ3n) is 5.03. The molecule has 2 heterocycles.